The van der Waals surface area contributed by atoms with Crippen molar-refractivity contribution in [3.63, 3.8) is 0 Å². The van der Waals surface area contributed by atoms with Crippen LogP contribution >= 0.6 is 23.1 Å². The summed E-state index contributed by atoms with van der Waals surface area (Å²) in [6.45, 7) is 4.13. The fourth-order valence-electron chi connectivity index (χ4n) is 1.55. The highest BCUT2D eigenvalue weighted by Gasteiger charge is 2.15. The summed E-state index contributed by atoms with van der Waals surface area (Å²) < 4.78 is 13.8. The van der Waals surface area contributed by atoms with Gasteiger partial charge < -0.3 is 10.6 Å². The van der Waals surface area contributed by atoms with Crippen molar-refractivity contribution in [2.75, 3.05) is 22.9 Å². The SMILES string of the molecule is C=CCNc1nnc(SCC(=O)Nc2ccc(F)c([N+](=O)[O-])c2)s1. The van der Waals surface area contributed by atoms with E-state index < -0.39 is 22.3 Å². The third-order valence-electron chi connectivity index (χ3n) is 2.56. The Labute approximate surface area is 144 Å². The molecule has 0 saturated heterocycles. The molecule has 0 spiro atoms. The van der Waals surface area contributed by atoms with Crippen molar-refractivity contribution < 1.29 is 14.1 Å². The van der Waals surface area contributed by atoms with Crippen LogP contribution in [0.15, 0.2) is 35.2 Å². The molecule has 24 heavy (non-hydrogen) atoms. The van der Waals surface area contributed by atoms with Crippen LogP contribution in [0, 0.1) is 15.9 Å². The first kappa shape index (κ1) is 17.8. The molecule has 11 heteroatoms. The van der Waals surface area contributed by atoms with E-state index in [2.05, 4.69) is 27.4 Å². The number of hydrogen-bond donors (Lipinski definition) is 2. The molecule has 2 rings (SSSR count). The molecule has 0 bridgehead atoms. The Morgan fingerprint density at radius 1 is 1.50 bits per heavy atom. The first-order valence-electron chi connectivity index (χ1n) is 6.54. The minimum absolute atomic E-state index is 0.0429. The Morgan fingerprint density at radius 3 is 3.00 bits per heavy atom. The zero-order valence-corrected chi connectivity index (χ0v) is 13.8. The number of amides is 1. The number of halogens is 1. The van der Waals surface area contributed by atoms with Gasteiger partial charge in [0, 0.05) is 18.3 Å². The molecule has 1 heterocycles. The monoisotopic (exact) mass is 369 g/mol. The van der Waals surface area contributed by atoms with Crippen molar-refractivity contribution in [3.05, 3.63) is 46.8 Å². The minimum Gasteiger partial charge on any atom is -0.357 e. The van der Waals surface area contributed by atoms with E-state index in [9.17, 15) is 19.3 Å². The highest BCUT2D eigenvalue weighted by atomic mass is 32.2. The quantitative estimate of drug-likeness (QED) is 0.318. The van der Waals surface area contributed by atoms with E-state index in [-0.39, 0.29) is 11.4 Å². The Hall–Kier alpha value is -2.53. The van der Waals surface area contributed by atoms with E-state index in [1.54, 1.807) is 6.08 Å². The normalized spacial score (nSPS) is 10.2. The lowest BCUT2D eigenvalue weighted by atomic mass is 10.2. The number of rotatable bonds is 8. The van der Waals surface area contributed by atoms with Crippen LogP contribution in [-0.2, 0) is 4.79 Å². The number of aromatic nitrogens is 2. The summed E-state index contributed by atoms with van der Waals surface area (Å²) in [7, 11) is 0. The highest BCUT2D eigenvalue weighted by molar-refractivity contribution is 8.01. The number of nitro groups is 1. The molecule has 0 fully saturated rings. The van der Waals surface area contributed by atoms with E-state index in [4.69, 9.17) is 0 Å². The number of carbonyl (C=O) groups is 1. The second kappa shape index (κ2) is 8.36. The molecule has 8 nitrogen and oxygen atoms in total. The van der Waals surface area contributed by atoms with Gasteiger partial charge in [-0.25, -0.2) is 0 Å². The van der Waals surface area contributed by atoms with Crippen LogP contribution < -0.4 is 10.6 Å². The molecule has 0 aliphatic rings. The van der Waals surface area contributed by atoms with Crippen LogP contribution in [0.5, 0.6) is 0 Å². The topological polar surface area (TPSA) is 110 Å². The maximum atomic E-state index is 13.2. The summed E-state index contributed by atoms with van der Waals surface area (Å²) in [6, 6.07) is 3.16. The fraction of sp³-hybridized carbons (Fsp3) is 0.154. The zero-order valence-electron chi connectivity index (χ0n) is 12.2. The van der Waals surface area contributed by atoms with Gasteiger partial charge in [-0.15, -0.1) is 16.8 Å². The highest BCUT2D eigenvalue weighted by Crippen LogP contribution is 2.26. The van der Waals surface area contributed by atoms with Crippen molar-refractivity contribution in [1.82, 2.24) is 10.2 Å². The number of thioether (sulfide) groups is 1. The van der Waals surface area contributed by atoms with Crippen LogP contribution in [0.2, 0.25) is 0 Å². The third-order valence-corrected chi connectivity index (χ3v) is 4.57. The molecule has 1 aromatic carbocycles. The molecule has 0 aliphatic heterocycles. The molecular weight excluding hydrogens is 357 g/mol. The second-order valence-electron chi connectivity index (χ2n) is 4.30. The zero-order chi connectivity index (χ0) is 17.5. The molecule has 0 saturated carbocycles. The Kier molecular flexibility index (Phi) is 6.21. The molecule has 2 N–H and O–H groups in total. The van der Waals surface area contributed by atoms with Gasteiger partial charge in [-0.2, -0.15) is 4.39 Å². The predicted molar refractivity (Wildman–Crippen MR) is 91.0 cm³/mol. The van der Waals surface area contributed by atoms with E-state index in [0.29, 0.717) is 16.0 Å². The molecule has 0 aliphatic carbocycles. The van der Waals surface area contributed by atoms with Crippen molar-refractivity contribution in [3.8, 4) is 0 Å². The van der Waals surface area contributed by atoms with Gasteiger partial charge in [0.05, 0.1) is 10.7 Å². The molecule has 2 aromatic rings. The Balaban J connectivity index is 1.89. The maximum Gasteiger partial charge on any atom is 0.306 e. The lowest BCUT2D eigenvalue weighted by molar-refractivity contribution is -0.387. The van der Waals surface area contributed by atoms with Crippen molar-refractivity contribution in [2.45, 2.75) is 4.34 Å². The maximum absolute atomic E-state index is 13.2. The van der Waals surface area contributed by atoms with Crippen molar-refractivity contribution in [2.24, 2.45) is 0 Å². The number of hydrogen-bond acceptors (Lipinski definition) is 8. The average molecular weight is 369 g/mol. The summed E-state index contributed by atoms with van der Waals surface area (Å²) in [5, 5.41) is 24.5. The molecule has 126 valence electrons. The molecule has 1 amide bonds. The standard InChI is InChI=1S/C13H12FN5O3S2/c1-2-5-15-12-17-18-13(24-12)23-7-11(20)16-8-3-4-9(14)10(6-8)19(21)22/h2-4,6H,1,5,7H2,(H,15,17)(H,16,20). The van der Waals surface area contributed by atoms with Crippen LogP contribution in [0.25, 0.3) is 0 Å². The van der Waals surface area contributed by atoms with Crippen LogP contribution in [0.3, 0.4) is 0 Å². The van der Waals surface area contributed by atoms with Gasteiger partial charge in [-0.3, -0.25) is 14.9 Å². The van der Waals surface area contributed by atoms with Gasteiger partial charge in [0.25, 0.3) is 0 Å². The summed E-state index contributed by atoms with van der Waals surface area (Å²) in [5.74, 6) is -1.31. The largest absolute Gasteiger partial charge is 0.357 e. The number of anilines is 2. The summed E-state index contributed by atoms with van der Waals surface area (Å²) >= 11 is 2.47. The molecule has 0 atom stereocenters. The van der Waals surface area contributed by atoms with E-state index in [1.165, 1.54) is 29.2 Å². The molecular formula is C13H12FN5O3S2. The fourth-order valence-corrected chi connectivity index (χ4v) is 3.11. The van der Waals surface area contributed by atoms with Gasteiger partial charge >= 0.3 is 5.69 Å². The Bertz CT molecular complexity index is 768. The van der Waals surface area contributed by atoms with Gasteiger partial charge in [-0.1, -0.05) is 29.2 Å². The van der Waals surface area contributed by atoms with Crippen LogP contribution in [0.4, 0.5) is 20.9 Å². The summed E-state index contributed by atoms with van der Waals surface area (Å²) in [4.78, 5) is 21.7. The van der Waals surface area contributed by atoms with Gasteiger partial charge in [-0.05, 0) is 12.1 Å². The van der Waals surface area contributed by atoms with Gasteiger partial charge in [0.2, 0.25) is 16.9 Å². The van der Waals surface area contributed by atoms with E-state index in [0.717, 1.165) is 12.1 Å². The van der Waals surface area contributed by atoms with Crippen LogP contribution in [0.1, 0.15) is 0 Å². The first-order valence-corrected chi connectivity index (χ1v) is 8.34. The summed E-state index contributed by atoms with van der Waals surface area (Å²) in [6.07, 6.45) is 1.68. The number of carbonyl (C=O) groups excluding carboxylic acids is 1. The number of nitro benzene ring substituents is 1. The number of nitrogens with zero attached hydrogens (tertiary/aromatic N) is 3. The first-order chi connectivity index (χ1) is 11.5. The van der Waals surface area contributed by atoms with E-state index in [1.807, 2.05) is 0 Å². The Morgan fingerprint density at radius 2 is 2.29 bits per heavy atom. The second-order valence-corrected chi connectivity index (χ2v) is 6.50. The van der Waals surface area contributed by atoms with Crippen LogP contribution in [-0.4, -0.2) is 33.3 Å². The minimum atomic E-state index is -0.958. The molecule has 1 aromatic heterocycles. The smallest absolute Gasteiger partial charge is 0.306 e. The molecule has 0 radical (unpaired) electrons. The third kappa shape index (κ3) is 4.99. The van der Waals surface area contributed by atoms with Crippen molar-refractivity contribution in [1.29, 1.82) is 0 Å². The lowest BCUT2D eigenvalue weighted by Crippen LogP contribution is -2.14. The van der Waals surface area contributed by atoms with E-state index >= 15 is 0 Å². The predicted octanol–water partition coefficient (Wildman–Crippen LogP) is 2.91. The average Bonchev–Trinajstić information content (AvgIpc) is 3.00. The van der Waals surface area contributed by atoms with Crippen molar-refractivity contribution >= 4 is 45.5 Å². The lowest BCUT2D eigenvalue weighted by Gasteiger charge is -2.04. The summed E-state index contributed by atoms with van der Waals surface area (Å²) in [5.41, 5.74) is -0.540. The van der Waals surface area contributed by atoms with Gasteiger partial charge in [0.15, 0.2) is 4.34 Å². The molecule has 0 unspecified atom stereocenters. The number of benzene rings is 1. The number of nitrogens with one attached hydrogen (secondary N) is 2. The van der Waals surface area contributed by atoms with Gasteiger partial charge in [0.1, 0.15) is 0 Å².